The van der Waals surface area contributed by atoms with Gasteiger partial charge in [-0.15, -0.1) is 12.4 Å². The molecule has 0 aromatic heterocycles. The van der Waals surface area contributed by atoms with Crippen molar-refractivity contribution in [1.82, 2.24) is 10.6 Å². The summed E-state index contributed by atoms with van der Waals surface area (Å²) in [6.07, 6.45) is 5.16. The van der Waals surface area contributed by atoms with Crippen molar-refractivity contribution in [2.75, 3.05) is 27.3 Å². The number of ether oxygens (including phenoxy) is 4. The van der Waals surface area contributed by atoms with E-state index in [1.807, 2.05) is 26.8 Å². The number of hydrogen-bond donors (Lipinski definition) is 4. The predicted molar refractivity (Wildman–Crippen MR) is 187 cm³/mol. The van der Waals surface area contributed by atoms with Crippen LogP contribution in [0.4, 0.5) is 4.79 Å². The second kappa shape index (κ2) is 21.3. The molecule has 6 atom stereocenters. The first-order valence-electron chi connectivity index (χ1n) is 16.3. The lowest BCUT2D eigenvalue weighted by Gasteiger charge is -2.32. The number of hydrogen-bond acceptors (Lipinski definition) is 11. The molecular formula is C35H53ClN4O9. The fraction of sp³-hybridized carbons (Fsp3) is 0.571. The summed E-state index contributed by atoms with van der Waals surface area (Å²) in [5.41, 5.74) is 12.2. The van der Waals surface area contributed by atoms with Gasteiger partial charge in [0.2, 0.25) is 11.6 Å². The van der Waals surface area contributed by atoms with Crippen molar-refractivity contribution in [1.29, 1.82) is 0 Å². The van der Waals surface area contributed by atoms with Crippen molar-refractivity contribution < 1.29 is 42.9 Å². The molecule has 0 aromatic rings. The number of carbonyl (C=O) groups excluding carboxylic acids is 5. The van der Waals surface area contributed by atoms with E-state index < -0.39 is 59.9 Å². The SMILES string of the molecule is CCCNC1=C2C[C@@H](C)C[C@@H](OC)[C@@H](OC(=O)CCCN)[C@H](C)/C=C(\C)[C@@H](OC(N)=O)[C@@H](OC)/C=C\C=C(/C)C(=O)NC(=CC1=O)C2=O.Cl. The fourth-order valence-corrected chi connectivity index (χ4v) is 5.65. The van der Waals surface area contributed by atoms with Crippen molar-refractivity contribution in [3.8, 4) is 0 Å². The summed E-state index contributed by atoms with van der Waals surface area (Å²) in [6.45, 7) is 9.79. The molecule has 0 aromatic carbocycles. The van der Waals surface area contributed by atoms with Crippen molar-refractivity contribution in [2.45, 2.75) is 91.1 Å². The minimum atomic E-state index is -1.02. The van der Waals surface area contributed by atoms with E-state index in [4.69, 9.17) is 30.4 Å². The zero-order valence-electron chi connectivity index (χ0n) is 29.5. The van der Waals surface area contributed by atoms with Gasteiger partial charge in [-0.05, 0) is 57.6 Å². The third-order valence-electron chi connectivity index (χ3n) is 8.16. The molecule has 0 radical (unpaired) electrons. The lowest BCUT2D eigenvalue weighted by atomic mass is 9.85. The minimum Gasteiger partial charge on any atom is -0.459 e. The quantitative estimate of drug-likeness (QED) is 0.147. The molecule has 49 heavy (non-hydrogen) atoms. The first-order valence-corrected chi connectivity index (χ1v) is 16.3. The van der Waals surface area contributed by atoms with Gasteiger partial charge in [-0.1, -0.05) is 45.1 Å². The van der Waals surface area contributed by atoms with Gasteiger partial charge in [0.05, 0.1) is 17.5 Å². The van der Waals surface area contributed by atoms with E-state index >= 15 is 0 Å². The first kappa shape index (κ1) is 43.2. The molecule has 0 spiro atoms. The van der Waals surface area contributed by atoms with Crippen LogP contribution in [0.1, 0.15) is 66.7 Å². The van der Waals surface area contributed by atoms with Crippen LogP contribution in [-0.2, 0) is 38.1 Å². The zero-order chi connectivity index (χ0) is 36.0. The first-order chi connectivity index (χ1) is 22.8. The number of rotatable bonds is 10. The molecule has 0 saturated carbocycles. The largest absolute Gasteiger partial charge is 0.459 e. The highest BCUT2D eigenvalue weighted by Gasteiger charge is 2.35. The monoisotopic (exact) mass is 708 g/mol. The Bertz CT molecular complexity index is 1350. The van der Waals surface area contributed by atoms with E-state index in [9.17, 15) is 24.0 Å². The normalized spacial score (nSPS) is 28.5. The number of carbonyl (C=O) groups is 5. The van der Waals surface area contributed by atoms with E-state index in [2.05, 4.69) is 10.6 Å². The van der Waals surface area contributed by atoms with E-state index in [0.29, 0.717) is 31.5 Å². The predicted octanol–water partition coefficient (Wildman–Crippen LogP) is 3.47. The molecular weight excluding hydrogens is 656 g/mol. The summed E-state index contributed by atoms with van der Waals surface area (Å²) >= 11 is 0. The van der Waals surface area contributed by atoms with Crippen LogP contribution in [0, 0.1) is 11.8 Å². The van der Waals surface area contributed by atoms with Crippen LogP contribution in [-0.4, -0.2) is 81.3 Å². The molecule has 6 N–H and O–H groups in total. The lowest BCUT2D eigenvalue weighted by molar-refractivity contribution is -0.160. The van der Waals surface area contributed by atoms with E-state index in [1.165, 1.54) is 20.3 Å². The van der Waals surface area contributed by atoms with Gasteiger partial charge in [-0.25, -0.2) is 4.79 Å². The smallest absolute Gasteiger partial charge is 0.405 e. The molecule has 0 fully saturated rings. The lowest BCUT2D eigenvalue weighted by Crippen LogP contribution is -2.40. The summed E-state index contributed by atoms with van der Waals surface area (Å²) in [5, 5.41) is 5.69. The molecule has 1 heterocycles. The summed E-state index contributed by atoms with van der Waals surface area (Å²) in [5.74, 6) is -2.61. The Morgan fingerprint density at radius 3 is 2.37 bits per heavy atom. The maximum atomic E-state index is 13.8. The minimum absolute atomic E-state index is 0. The van der Waals surface area contributed by atoms with Crippen LogP contribution in [0.2, 0.25) is 0 Å². The average molecular weight is 709 g/mol. The molecule has 1 aliphatic heterocycles. The third kappa shape index (κ3) is 12.9. The number of nitrogens with one attached hydrogen (secondary N) is 2. The topological polar surface area (TPSA) is 198 Å². The van der Waals surface area contributed by atoms with Gasteiger partial charge in [0.25, 0.3) is 5.91 Å². The molecule has 274 valence electrons. The highest BCUT2D eigenvalue weighted by Crippen LogP contribution is 2.30. The maximum absolute atomic E-state index is 13.8. The van der Waals surface area contributed by atoms with Gasteiger partial charge in [-0.2, -0.15) is 0 Å². The second-order valence-corrected chi connectivity index (χ2v) is 12.2. The number of Topliss-reactive ketones (excluding diaryl/α,β-unsaturated/α-hetero) is 1. The third-order valence-corrected chi connectivity index (χ3v) is 8.16. The van der Waals surface area contributed by atoms with Gasteiger partial charge in [0.15, 0.2) is 6.10 Å². The van der Waals surface area contributed by atoms with Crippen LogP contribution < -0.4 is 22.1 Å². The number of allylic oxidation sites excluding steroid dienone is 4. The number of amides is 2. The molecule has 1 aliphatic carbocycles. The molecule has 0 unspecified atom stereocenters. The highest BCUT2D eigenvalue weighted by molar-refractivity contribution is 6.23. The summed E-state index contributed by atoms with van der Waals surface area (Å²) in [4.78, 5) is 65.0. The van der Waals surface area contributed by atoms with E-state index in [0.717, 1.165) is 12.5 Å². The number of nitrogens with two attached hydrogens (primary N) is 2. The Balaban J connectivity index is 0.0000120. The van der Waals surface area contributed by atoms with Gasteiger partial charge in [-0.3, -0.25) is 19.2 Å². The number of halogens is 1. The Kier molecular flexibility index (Phi) is 18.8. The van der Waals surface area contributed by atoms with Gasteiger partial charge in [0.1, 0.15) is 12.2 Å². The van der Waals surface area contributed by atoms with Crippen LogP contribution in [0.25, 0.3) is 0 Å². The van der Waals surface area contributed by atoms with Crippen LogP contribution in [0.3, 0.4) is 0 Å². The number of ketones is 2. The van der Waals surface area contributed by atoms with Crippen molar-refractivity contribution in [2.24, 2.45) is 23.3 Å². The molecule has 2 rings (SSSR count). The number of fused-ring (bicyclic) bond motifs is 2. The van der Waals surface area contributed by atoms with Crippen LogP contribution >= 0.6 is 12.4 Å². The van der Waals surface area contributed by atoms with Crippen LogP contribution in [0.5, 0.6) is 0 Å². The summed E-state index contributed by atoms with van der Waals surface area (Å²) in [7, 11) is 2.94. The van der Waals surface area contributed by atoms with Crippen molar-refractivity contribution >= 4 is 41.9 Å². The zero-order valence-corrected chi connectivity index (χ0v) is 30.4. The molecule has 2 amide bonds. The molecule has 2 bridgehead atoms. The molecule has 13 nitrogen and oxygen atoms in total. The summed E-state index contributed by atoms with van der Waals surface area (Å²) < 4.78 is 23.0. The molecule has 0 saturated heterocycles. The van der Waals surface area contributed by atoms with Crippen molar-refractivity contribution in [3.05, 3.63) is 58.5 Å². The van der Waals surface area contributed by atoms with Crippen molar-refractivity contribution in [3.63, 3.8) is 0 Å². The highest BCUT2D eigenvalue weighted by atomic mass is 35.5. The van der Waals surface area contributed by atoms with Gasteiger partial charge < -0.3 is 41.0 Å². The molecule has 2 aliphatic rings. The Morgan fingerprint density at radius 2 is 1.78 bits per heavy atom. The molecule has 14 heteroatoms. The average Bonchev–Trinajstić information content (AvgIpc) is 3.03. The van der Waals surface area contributed by atoms with Gasteiger partial charge >= 0.3 is 12.1 Å². The van der Waals surface area contributed by atoms with E-state index in [1.54, 1.807) is 26.0 Å². The standard InChI is InChI=1S/C35H52N4O9.ClH/c1-8-15-38-30-24-16-20(2)17-28(46-7)33(47-29(41)13-10-14-36)23(5)18-22(4)32(48-35(37)44)27(45-6)12-9-11-21(3)34(43)39-25(31(24)42)19-26(30)40;/h9,11-12,18-20,23,27-28,32-33,38H,8,10,13-17,36H2,1-7H3,(H2,37,44)(H,39,43);1H/b12-9-,21-11+,22-18+;/t20-,23-,27+,28-,32-,33+;/m1./s1. The summed E-state index contributed by atoms with van der Waals surface area (Å²) in [6, 6.07) is 0. The number of primary amides is 1. The fourth-order valence-electron chi connectivity index (χ4n) is 5.65. The van der Waals surface area contributed by atoms with E-state index in [-0.39, 0.29) is 53.7 Å². The number of esters is 1. The second-order valence-electron chi connectivity index (χ2n) is 12.2. The number of methoxy groups -OCH3 is 2. The maximum Gasteiger partial charge on any atom is 0.405 e. The Morgan fingerprint density at radius 1 is 1.08 bits per heavy atom. The van der Waals surface area contributed by atoms with Gasteiger partial charge in [0, 0.05) is 50.3 Å². The Labute approximate surface area is 295 Å². The van der Waals surface area contributed by atoms with Crippen LogP contribution in [0.15, 0.2) is 58.5 Å². The Hall–Kier alpha value is -3.78.